The van der Waals surface area contributed by atoms with Gasteiger partial charge in [0.15, 0.2) is 0 Å². The summed E-state index contributed by atoms with van der Waals surface area (Å²) < 4.78 is 18.0. The Hall–Kier alpha value is -5.56. The summed E-state index contributed by atoms with van der Waals surface area (Å²) >= 11 is 0. The molecule has 0 spiro atoms. The molecular weight excluding hydrogens is 584 g/mol. The van der Waals surface area contributed by atoms with E-state index in [4.69, 9.17) is 19.3 Å². The van der Waals surface area contributed by atoms with Crippen molar-refractivity contribution in [3.63, 3.8) is 0 Å². The largest absolute Gasteiger partial charge is 0.491 e. The fraction of sp³-hybridized carbons (Fsp3) is 0.143. The van der Waals surface area contributed by atoms with Crippen molar-refractivity contribution in [2.24, 2.45) is 0 Å². The predicted octanol–water partition coefficient (Wildman–Crippen LogP) is 7.22. The van der Waals surface area contributed by atoms with Crippen LogP contribution in [0.25, 0.3) is 32.7 Å². The van der Waals surface area contributed by atoms with Crippen molar-refractivity contribution < 1.29 is 24.4 Å². The van der Waals surface area contributed by atoms with Gasteiger partial charge >= 0.3 is 0 Å². The summed E-state index contributed by atoms with van der Waals surface area (Å²) in [6.07, 6.45) is 0. The van der Waals surface area contributed by atoms with Crippen molar-refractivity contribution in [1.82, 2.24) is 0 Å². The fourth-order valence-corrected chi connectivity index (χ4v) is 5.40. The Morgan fingerprint density at radius 2 is 0.894 bits per heavy atom. The van der Waals surface area contributed by atoms with Crippen LogP contribution in [-0.4, -0.2) is 49.9 Å². The number of aliphatic hydroxyl groups excluding tert-OH is 2. The Bertz CT molecular complexity index is 2100. The van der Waals surface area contributed by atoms with Gasteiger partial charge in [-0.3, -0.25) is 0 Å². The quantitative estimate of drug-likeness (QED) is 0.125. The standard InChI is InChI=1S/C42H34O5/c43-23-25-45-27-28-47-40-22-18-36-30-34(14-12-32-9-5-2-6-10-32)16-20-38(36)42(40)41-37-19-15-33(13-11-31-7-3-1-4-8-31)29-35(37)17-21-39(41)46-26-24-44/h1-10,15-22,29-30,43-44H,23-28H2. The molecule has 0 amide bonds. The van der Waals surface area contributed by atoms with Crippen LogP contribution in [0.1, 0.15) is 22.3 Å². The third-order valence-electron chi connectivity index (χ3n) is 7.53. The molecule has 0 unspecified atom stereocenters. The van der Waals surface area contributed by atoms with Crippen molar-refractivity contribution in [1.29, 1.82) is 0 Å². The van der Waals surface area contributed by atoms with E-state index in [0.717, 1.165) is 54.9 Å². The molecule has 0 aliphatic carbocycles. The molecule has 0 radical (unpaired) electrons. The Labute approximate surface area is 275 Å². The minimum Gasteiger partial charge on any atom is -0.491 e. The van der Waals surface area contributed by atoms with E-state index in [-0.39, 0.29) is 26.4 Å². The zero-order valence-electron chi connectivity index (χ0n) is 25.9. The third-order valence-corrected chi connectivity index (χ3v) is 7.53. The van der Waals surface area contributed by atoms with Crippen LogP contribution in [0.2, 0.25) is 0 Å². The van der Waals surface area contributed by atoms with Gasteiger partial charge in [-0.2, -0.15) is 0 Å². The van der Waals surface area contributed by atoms with E-state index in [9.17, 15) is 5.11 Å². The Balaban J connectivity index is 1.49. The molecule has 0 aliphatic rings. The monoisotopic (exact) mass is 618 g/mol. The topological polar surface area (TPSA) is 68.2 Å². The van der Waals surface area contributed by atoms with Gasteiger partial charge in [0.05, 0.1) is 26.4 Å². The van der Waals surface area contributed by atoms with Gasteiger partial charge in [0.25, 0.3) is 0 Å². The molecule has 0 fully saturated rings. The van der Waals surface area contributed by atoms with Crippen molar-refractivity contribution in [2.45, 2.75) is 0 Å². The summed E-state index contributed by atoms with van der Waals surface area (Å²) in [5.41, 5.74) is 5.43. The summed E-state index contributed by atoms with van der Waals surface area (Å²) in [4.78, 5) is 0. The zero-order chi connectivity index (χ0) is 32.3. The number of benzene rings is 6. The van der Waals surface area contributed by atoms with Crippen LogP contribution in [-0.2, 0) is 4.74 Å². The molecule has 5 heteroatoms. The van der Waals surface area contributed by atoms with Gasteiger partial charge in [0, 0.05) is 33.4 Å². The van der Waals surface area contributed by atoms with Crippen LogP contribution in [0.4, 0.5) is 0 Å². The molecule has 0 aliphatic heterocycles. The van der Waals surface area contributed by atoms with Gasteiger partial charge in [-0.25, -0.2) is 0 Å². The molecule has 0 saturated heterocycles. The van der Waals surface area contributed by atoms with Gasteiger partial charge in [0.1, 0.15) is 24.7 Å². The van der Waals surface area contributed by atoms with Gasteiger partial charge in [0.2, 0.25) is 0 Å². The second-order valence-electron chi connectivity index (χ2n) is 10.7. The lowest BCUT2D eigenvalue weighted by molar-refractivity contribution is 0.0706. The van der Waals surface area contributed by atoms with Crippen LogP contribution >= 0.6 is 0 Å². The first-order chi connectivity index (χ1) is 23.2. The van der Waals surface area contributed by atoms with Gasteiger partial charge in [-0.05, 0) is 82.2 Å². The number of hydrogen-bond acceptors (Lipinski definition) is 5. The number of rotatable bonds is 10. The molecule has 6 aromatic rings. The number of ether oxygens (including phenoxy) is 3. The normalized spacial score (nSPS) is 10.6. The fourth-order valence-electron chi connectivity index (χ4n) is 5.40. The first-order valence-corrected chi connectivity index (χ1v) is 15.6. The minimum atomic E-state index is -0.115. The van der Waals surface area contributed by atoms with Gasteiger partial charge < -0.3 is 24.4 Å². The lowest BCUT2D eigenvalue weighted by Gasteiger charge is -2.20. The molecular formula is C42H34O5. The lowest BCUT2D eigenvalue weighted by atomic mass is 9.91. The van der Waals surface area contributed by atoms with Crippen molar-refractivity contribution >= 4 is 21.5 Å². The first kappa shape index (κ1) is 31.4. The molecule has 6 aromatic carbocycles. The van der Waals surface area contributed by atoms with E-state index in [1.807, 2.05) is 97.1 Å². The maximum absolute atomic E-state index is 9.66. The van der Waals surface area contributed by atoms with E-state index in [2.05, 4.69) is 47.9 Å². The minimum absolute atomic E-state index is 0.0456. The molecule has 0 aromatic heterocycles. The zero-order valence-corrected chi connectivity index (χ0v) is 25.9. The number of fused-ring (bicyclic) bond motifs is 2. The molecule has 0 atom stereocenters. The SMILES string of the molecule is OCCOCCOc1ccc2cc(C#Cc3ccccc3)ccc2c1-c1c(OCCO)ccc2cc(C#Cc3ccccc3)ccc12. The van der Waals surface area contributed by atoms with Crippen molar-refractivity contribution in [3.8, 4) is 46.3 Å². The second kappa shape index (κ2) is 15.6. The van der Waals surface area contributed by atoms with Crippen LogP contribution in [0.5, 0.6) is 11.5 Å². The highest BCUT2D eigenvalue weighted by Crippen LogP contribution is 2.45. The number of hydrogen-bond donors (Lipinski definition) is 2. The maximum Gasteiger partial charge on any atom is 0.128 e. The van der Waals surface area contributed by atoms with Crippen molar-refractivity contribution in [2.75, 3.05) is 39.6 Å². The Morgan fingerprint density at radius 3 is 1.38 bits per heavy atom. The molecule has 6 rings (SSSR count). The Kier molecular flexibility index (Phi) is 10.5. The summed E-state index contributed by atoms with van der Waals surface area (Å²) in [5.74, 6) is 14.4. The van der Waals surface area contributed by atoms with Gasteiger partial charge in [-0.15, -0.1) is 0 Å². The highest BCUT2D eigenvalue weighted by molar-refractivity contribution is 6.10. The first-order valence-electron chi connectivity index (χ1n) is 15.6. The molecule has 0 heterocycles. The molecule has 47 heavy (non-hydrogen) atoms. The predicted molar refractivity (Wildman–Crippen MR) is 188 cm³/mol. The summed E-state index contributed by atoms with van der Waals surface area (Å²) in [6, 6.07) is 40.1. The molecule has 0 saturated carbocycles. The number of aliphatic hydroxyl groups is 2. The van der Waals surface area contributed by atoms with E-state index in [1.54, 1.807) is 0 Å². The van der Waals surface area contributed by atoms with E-state index >= 15 is 0 Å². The highest BCUT2D eigenvalue weighted by atomic mass is 16.5. The Morgan fingerprint density at radius 1 is 0.426 bits per heavy atom. The molecule has 232 valence electrons. The van der Waals surface area contributed by atoms with E-state index < -0.39 is 0 Å². The van der Waals surface area contributed by atoms with Crippen LogP contribution in [0.3, 0.4) is 0 Å². The summed E-state index contributed by atoms with van der Waals surface area (Å²) in [6.45, 7) is 0.869. The third kappa shape index (κ3) is 7.82. The molecule has 5 nitrogen and oxygen atoms in total. The lowest BCUT2D eigenvalue weighted by Crippen LogP contribution is -2.10. The van der Waals surface area contributed by atoms with Crippen LogP contribution < -0.4 is 9.47 Å². The van der Waals surface area contributed by atoms with E-state index in [0.29, 0.717) is 24.7 Å². The second-order valence-corrected chi connectivity index (χ2v) is 10.7. The maximum atomic E-state index is 9.66. The molecule has 2 N–H and O–H groups in total. The van der Waals surface area contributed by atoms with Gasteiger partial charge in [-0.1, -0.05) is 84.3 Å². The summed E-state index contributed by atoms with van der Waals surface area (Å²) in [5, 5.41) is 22.7. The van der Waals surface area contributed by atoms with Crippen LogP contribution in [0.15, 0.2) is 121 Å². The average Bonchev–Trinajstić information content (AvgIpc) is 3.12. The highest BCUT2D eigenvalue weighted by Gasteiger charge is 2.20. The average molecular weight is 619 g/mol. The van der Waals surface area contributed by atoms with Crippen molar-refractivity contribution in [3.05, 3.63) is 144 Å². The van der Waals surface area contributed by atoms with Crippen LogP contribution in [0, 0.1) is 23.7 Å². The van der Waals surface area contributed by atoms with E-state index in [1.165, 1.54) is 0 Å². The summed E-state index contributed by atoms with van der Waals surface area (Å²) in [7, 11) is 0. The smallest absolute Gasteiger partial charge is 0.128 e. The molecule has 0 bridgehead atoms.